The molecule has 10 rings (SSSR count). The van der Waals surface area contributed by atoms with E-state index < -0.39 is 132 Å². The number of carboxylic acids is 1. The van der Waals surface area contributed by atoms with Gasteiger partial charge in [0.1, 0.15) is 65.2 Å². The number of aliphatic carboxylic acids is 1. The summed E-state index contributed by atoms with van der Waals surface area (Å²) >= 11 is 3.16. The molecule has 2 aromatic heterocycles. The molecule has 9 amide bonds. The smallest absolute Gasteiger partial charge is 0.305 e. The molecule has 4 aliphatic rings. The van der Waals surface area contributed by atoms with E-state index in [2.05, 4.69) is 69.2 Å². The molecule has 5 heterocycles. The Hall–Kier alpha value is -9.10. The van der Waals surface area contributed by atoms with Crippen molar-refractivity contribution < 1.29 is 66.6 Å². The van der Waals surface area contributed by atoms with Gasteiger partial charge in [-0.2, -0.15) is 23.5 Å². The van der Waals surface area contributed by atoms with E-state index in [1.165, 1.54) is 60.8 Å². The zero-order valence-corrected chi connectivity index (χ0v) is 60.1. The fourth-order valence-electron chi connectivity index (χ4n) is 14.1. The van der Waals surface area contributed by atoms with Crippen LogP contribution in [0.2, 0.25) is 0 Å². The van der Waals surface area contributed by atoms with E-state index >= 15 is 37.5 Å². The van der Waals surface area contributed by atoms with Gasteiger partial charge in [0, 0.05) is 115 Å². The predicted octanol–water partition coefficient (Wildman–Crippen LogP) is 4.13. The number of benzene rings is 4. The molecule has 26 nitrogen and oxygen atoms in total. The number of nitrogens with two attached hydrogens (primary N) is 1. The van der Waals surface area contributed by atoms with Gasteiger partial charge in [-0.05, 0) is 147 Å². The number of carbonyl (C=O) groups is 10. The molecule has 0 radical (unpaired) electrons. The fraction of sp³-hybridized carbons (Fsp3) is 0.486. The minimum Gasteiger partial charge on any atom is -0.497 e. The third-order valence-corrected chi connectivity index (χ3v) is 21.9. The molecule has 3 aliphatic heterocycles. The molecule has 1 saturated carbocycles. The highest BCUT2D eigenvalue weighted by Gasteiger charge is 2.48. The third kappa shape index (κ3) is 20.9. The maximum Gasteiger partial charge on any atom is 0.305 e. The number of thioether (sulfide) groups is 2. The summed E-state index contributed by atoms with van der Waals surface area (Å²) in [7, 11) is 1.50. The lowest BCUT2D eigenvalue weighted by molar-refractivity contribution is -0.146. The number of amides is 9. The number of H-pyrrole nitrogens is 2. The summed E-state index contributed by atoms with van der Waals surface area (Å²) < 4.78 is 35.6. The maximum absolute atomic E-state index is 15.5. The minimum atomic E-state index is -1.97. The molecule has 104 heavy (non-hydrogen) atoms. The first kappa shape index (κ1) is 77.5. The number of aromatic nitrogens is 2. The van der Waals surface area contributed by atoms with Gasteiger partial charge in [0.15, 0.2) is 0 Å². The van der Waals surface area contributed by atoms with Crippen LogP contribution in [0, 0.1) is 17.6 Å². The molecular weight excluding hydrogens is 1380 g/mol. The van der Waals surface area contributed by atoms with Crippen molar-refractivity contribution in [1.29, 1.82) is 0 Å². The van der Waals surface area contributed by atoms with Crippen molar-refractivity contribution in [1.82, 2.24) is 68.0 Å². The maximum atomic E-state index is 15.5. The first-order valence-electron chi connectivity index (χ1n) is 35.6. The number of nitrogens with zero attached hydrogens (tertiary/aromatic N) is 1. The highest BCUT2D eigenvalue weighted by atomic mass is 32.2. The highest BCUT2D eigenvalue weighted by Crippen LogP contribution is 2.32. The molecule has 0 spiro atoms. The summed E-state index contributed by atoms with van der Waals surface area (Å²) in [4.78, 5) is 155. The predicted molar refractivity (Wildman–Crippen MR) is 391 cm³/mol. The van der Waals surface area contributed by atoms with Crippen molar-refractivity contribution in [2.75, 3.05) is 51.5 Å². The molecule has 6 aromatic rings. The first-order chi connectivity index (χ1) is 50.1. The molecule has 15 N–H and O–H groups in total. The Labute approximate surface area is 610 Å². The Morgan fingerprint density at radius 3 is 1.86 bits per heavy atom. The molecule has 4 aromatic carbocycles. The largest absolute Gasteiger partial charge is 0.497 e. The second-order valence-corrected chi connectivity index (χ2v) is 29.6. The summed E-state index contributed by atoms with van der Waals surface area (Å²) in [6.45, 7) is 3.14. The quantitative estimate of drug-likeness (QED) is 0.0606. The number of nitrogens with one attached hydrogen (secondary N) is 12. The number of carboxylic acid groups (broad SMARTS) is 1. The van der Waals surface area contributed by atoms with E-state index in [1.54, 1.807) is 54.7 Å². The monoisotopic (exact) mass is 1470 g/mol. The number of hydrogen-bond donors (Lipinski definition) is 14. The lowest BCUT2D eigenvalue weighted by Crippen LogP contribution is -2.63. The molecule has 558 valence electrons. The molecular formula is C74H94F2N14O12S2. The second kappa shape index (κ2) is 37.0. The highest BCUT2D eigenvalue weighted by molar-refractivity contribution is 7.98. The number of aromatic amines is 2. The SMILES string of the molecule is COc1ccc(C[C@@H]2NC(=O)[C@H](CC3CNCN3)NC(=O)[C@H](CC(=O)O)NC(=O)[C@H](Cc3c[nH]c4ccc(F)cc34)NC(=O)[C@H](Cc3c[nH]c4ccc(F)cc34)NC(=O)[C@@H](C3CCCC3)NC(=O)[C@H](CCCCN)NC(=O)CCSCc3cccc(c3)CSCCNC(=O)[C@]3(C)CCCN3C2=O)cc1. The van der Waals surface area contributed by atoms with Crippen LogP contribution in [0.3, 0.4) is 0 Å². The van der Waals surface area contributed by atoms with E-state index in [4.69, 9.17) is 10.5 Å². The van der Waals surface area contributed by atoms with E-state index in [9.17, 15) is 24.3 Å². The van der Waals surface area contributed by atoms with Crippen LogP contribution in [-0.2, 0) is 78.7 Å². The van der Waals surface area contributed by atoms with Crippen LogP contribution in [-0.4, -0.2) is 184 Å². The molecule has 30 heteroatoms. The Morgan fingerprint density at radius 2 is 1.24 bits per heavy atom. The topological polar surface area (TPSA) is 381 Å². The van der Waals surface area contributed by atoms with Crippen LogP contribution in [0.15, 0.2) is 97.3 Å². The van der Waals surface area contributed by atoms with Crippen molar-refractivity contribution in [2.45, 2.75) is 169 Å². The lowest BCUT2D eigenvalue weighted by Gasteiger charge is -2.37. The summed E-state index contributed by atoms with van der Waals surface area (Å²) in [6, 6.07) is 11.8. The Kier molecular flexibility index (Phi) is 27.6. The van der Waals surface area contributed by atoms with Crippen LogP contribution in [0.4, 0.5) is 8.78 Å². The van der Waals surface area contributed by atoms with Gasteiger partial charge in [-0.25, -0.2) is 8.78 Å². The van der Waals surface area contributed by atoms with Gasteiger partial charge in [-0.1, -0.05) is 49.2 Å². The number of carbonyl (C=O) groups excluding carboxylic acids is 9. The van der Waals surface area contributed by atoms with Crippen LogP contribution in [0.25, 0.3) is 21.8 Å². The first-order valence-corrected chi connectivity index (χ1v) is 37.9. The van der Waals surface area contributed by atoms with Gasteiger partial charge in [0.2, 0.25) is 53.2 Å². The number of unbranched alkanes of at least 4 members (excludes halogenated alkanes) is 1. The summed E-state index contributed by atoms with van der Waals surface area (Å²) in [6.07, 6.45) is 5.52. The van der Waals surface area contributed by atoms with Gasteiger partial charge >= 0.3 is 5.97 Å². The molecule has 1 aliphatic carbocycles. The number of rotatable bonds is 16. The van der Waals surface area contributed by atoms with Gasteiger partial charge in [0.25, 0.3) is 0 Å². The lowest BCUT2D eigenvalue weighted by atomic mass is 9.95. The molecule has 1 unspecified atom stereocenters. The van der Waals surface area contributed by atoms with Crippen molar-refractivity contribution >= 4 is 104 Å². The van der Waals surface area contributed by atoms with Crippen molar-refractivity contribution in [2.24, 2.45) is 11.7 Å². The zero-order chi connectivity index (χ0) is 73.9. The number of fused-ring (bicyclic) bond motifs is 5. The zero-order valence-electron chi connectivity index (χ0n) is 58.4. The van der Waals surface area contributed by atoms with Gasteiger partial charge in [-0.3, -0.25) is 47.9 Å². The van der Waals surface area contributed by atoms with E-state index in [-0.39, 0.29) is 62.6 Å². The summed E-state index contributed by atoms with van der Waals surface area (Å²) in [5, 5.41) is 40.1. The summed E-state index contributed by atoms with van der Waals surface area (Å²) in [5.41, 5.74) is 8.82. The van der Waals surface area contributed by atoms with Crippen LogP contribution in [0.1, 0.15) is 112 Å². The number of halogens is 2. The number of hydrogen-bond acceptors (Lipinski definition) is 16. The second-order valence-electron chi connectivity index (χ2n) is 27.4. The Morgan fingerprint density at radius 1 is 0.654 bits per heavy atom. The summed E-state index contributed by atoms with van der Waals surface area (Å²) in [5.74, 6) is -7.41. The third-order valence-electron chi connectivity index (χ3n) is 19.8. The Balaban J connectivity index is 0.998. The molecule has 2 saturated heterocycles. The van der Waals surface area contributed by atoms with Crippen molar-refractivity contribution in [3.63, 3.8) is 0 Å². The molecule has 9 atom stereocenters. The Bertz CT molecular complexity index is 4040. The normalized spacial score (nSPS) is 24.9. The van der Waals surface area contributed by atoms with E-state index in [0.717, 1.165) is 24.0 Å². The minimum absolute atomic E-state index is 0.0694. The molecule has 2 bridgehead atoms. The van der Waals surface area contributed by atoms with Crippen LogP contribution < -0.4 is 63.6 Å². The number of ether oxygens (including phenoxy) is 1. The number of methoxy groups -OCH3 is 1. The van der Waals surface area contributed by atoms with Gasteiger partial charge in [-0.15, -0.1) is 0 Å². The van der Waals surface area contributed by atoms with Crippen molar-refractivity contribution in [3.05, 3.63) is 137 Å². The fourth-order valence-corrected chi connectivity index (χ4v) is 15.8. The van der Waals surface area contributed by atoms with Crippen molar-refractivity contribution in [3.8, 4) is 5.75 Å². The van der Waals surface area contributed by atoms with E-state index in [1.807, 2.05) is 18.2 Å². The van der Waals surface area contributed by atoms with E-state index in [0.29, 0.717) is 120 Å². The average Bonchev–Trinajstić information content (AvgIpc) is 1.63. The van der Waals surface area contributed by atoms with Gasteiger partial charge in [0.05, 0.1) is 13.5 Å². The van der Waals surface area contributed by atoms with Crippen LogP contribution in [0.5, 0.6) is 5.75 Å². The molecule has 3 fully saturated rings. The van der Waals surface area contributed by atoms with Gasteiger partial charge < -0.3 is 83.6 Å². The average molecular weight is 1470 g/mol. The standard InChI is InChI=1S/C74H94F2N14O12S2/c1-74-23-8-26-90(74)72(100)62(30-43-14-18-52(102-2)19-15-43)88-69(97)60(35-51-39-78-42-82-51)85-70(98)61(36-64(92)93)86-67(95)58(31-47-37-80-55-20-16-49(75)33-53(47)55)84-68(96)59(32-48-38-81-56-21-17-50(76)34-54(48)56)87-71(99)65(46-11-3-4-12-46)89-66(94)57(13-5-6-24-77)83-63(91)22-27-103-40-44-9-7-10-45(29-44)41-104-28-25-79-73(74)101/h7,9-10,14-21,29,33-34,37-38,46,51,57-62,65,78,80-82H,3-6,8,11-13,22-28,30-32,35-36,39-42,77H2,1-2H3,(H,79,101)(H,83,91)(H,84,96)(H,85,98)(H,86,95)(H,87,99)(H,88,97)(H,89,94)(H,92,93)/t51?,57-,58-,59-,60-,61-,62-,65+,74-/m0/s1. The van der Waals surface area contributed by atoms with Crippen LogP contribution >= 0.6 is 23.5 Å².